The van der Waals surface area contributed by atoms with Gasteiger partial charge in [0.05, 0.1) is 11.4 Å². The molecule has 1 fully saturated rings. The lowest BCUT2D eigenvalue weighted by atomic mass is 9.96. The minimum Gasteiger partial charge on any atom is -0.292 e. The molecule has 150 valence electrons. The summed E-state index contributed by atoms with van der Waals surface area (Å²) in [6.07, 6.45) is 1.78. The van der Waals surface area contributed by atoms with Crippen molar-refractivity contribution in [2.75, 3.05) is 6.54 Å². The van der Waals surface area contributed by atoms with Crippen LogP contribution in [0.15, 0.2) is 89.8 Å². The quantitative estimate of drug-likeness (QED) is 0.233. The van der Waals surface area contributed by atoms with Gasteiger partial charge < -0.3 is 0 Å². The summed E-state index contributed by atoms with van der Waals surface area (Å²) in [6.45, 7) is -0.262. The summed E-state index contributed by atoms with van der Waals surface area (Å²) in [6, 6.07) is 26.8. The smallest absolute Gasteiger partial charge is 0.292 e. The number of rotatable bonds is 4. The topological polar surface area (TPSA) is 54.5 Å². The molecule has 0 atom stereocenters. The van der Waals surface area contributed by atoms with Gasteiger partial charge in [-0.1, -0.05) is 78.9 Å². The molecule has 0 radical (unpaired) electrons. The molecule has 1 heterocycles. The largest absolute Gasteiger partial charge is 0.293 e. The van der Waals surface area contributed by atoms with Crippen molar-refractivity contribution in [1.82, 2.24) is 4.90 Å². The first-order valence-corrected chi connectivity index (χ1v) is 10.7. The summed E-state index contributed by atoms with van der Waals surface area (Å²) in [5.74, 6) is -0.698. The second-order valence-corrected chi connectivity index (χ2v) is 8.28. The minimum absolute atomic E-state index is 0.262. The van der Waals surface area contributed by atoms with E-state index in [1.165, 1.54) is 0 Å². The first-order valence-electron chi connectivity index (χ1n) is 9.86. The molecule has 1 aliphatic rings. The van der Waals surface area contributed by atoms with Crippen LogP contribution in [0.5, 0.6) is 0 Å². The molecule has 0 unspecified atom stereocenters. The Bertz CT molecular complexity index is 1340. The van der Waals surface area contributed by atoms with Crippen LogP contribution in [0.25, 0.3) is 27.6 Å². The molecule has 1 aliphatic heterocycles. The number of amides is 2. The minimum atomic E-state index is -0.434. The van der Waals surface area contributed by atoms with Crippen LogP contribution in [-0.2, 0) is 4.79 Å². The number of hydrogen-bond donors (Lipinski definition) is 0. The Labute approximate surface area is 183 Å². The summed E-state index contributed by atoms with van der Waals surface area (Å²) in [5, 5.41) is 3.71. The summed E-state index contributed by atoms with van der Waals surface area (Å²) in [4.78, 5) is 39.5. The molecule has 0 aromatic heterocycles. The van der Waals surface area contributed by atoms with Crippen molar-refractivity contribution >= 4 is 56.3 Å². The molecule has 4 aromatic rings. The molecule has 1 saturated heterocycles. The van der Waals surface area contributed by atoms with Crippen LogP contribution in [-0.4, -0.2) is 28.4 Å². The molecule has 5 heteroatoms. The van der Waals surface area contributed by atoms with Crippen LogP contribution in [0.3, 0.4) is 0 Å². The van der Waals surface area contributed by atoms with Crippen molar-refractivity contribution < 1.29 is 14.4 Å². The summed E-state index contributed by atoms with van der Waals surface area (Å²) in [5.41, 5.74) is 1.37. The Balaban J connectivity index is 1.54. The van der Waals surface area contributed by atoms with E-state index >= 15 is 0 Å². The molecule has 0 aliphatic carbocycles. The van der Waals surface area contributed by atoms with Gasteiger partial charge in [0.2, 0.25) is 0 Å². The fourth-order valence-corrected chi connectivity index (χ4v) is 4.65. The van der Waals surface area contributed by atoms with Gasteiger partial charge in [-0.25, -0.2) is 0 Å². The van der Waals surface area contributed by atoms with E-state index in [0.29, 0.717) is 10.5 Å². The van der Waals surface area contributed by atoms with E-state index < -0.39 is 11.1 Å². The Morgan fingerprint density at radius 2 is 1.39 bits per heavy atom. The maximum absolute atomic E-state index is 13.0. The third-order valence-electron chi connectivity index (χ3n) is 5.36. The van der Waals surface area contributed by atoms with Gasteiger partial charge in [0.1, 0.15) is 0 Å². The van der Waals surface area contributed by atoms with E-state index in [1.807, 2.05) is 54.6 Å². The number of Topliss-reactive ketones (excluding diaryl/α,β-unsaturated/α-hetero) is 1. The van der Waals surface area contributed by atoms with Gasteiger partial charge >= 0.3 is 0 Å². The summed E-state index contributed by atoms with van der Waals surface area (Å²) >= 11 is 0.877. The average molecular weight is 423 g/mol. The van der Waals surface area contributed by atoms with Gasteiger partial charge in [0, 0.05) is 5.56 Å². The number of imide groups is 1. The van der Waals surface area contributed by atoms with E-state index in [9.17, 15) is 14.4 Å². The fourth-order valence-electron chi connectivity index (χ4n) is 3.83. The first kappa shape index (κ1) is 19.3. The van der Waals surface area contributed by atoms with Crippen LogP contribution in [0.2, 0.25) is 0 Å². The molecule has 2 amide bonds. The Hall–Kier alpha value is -3.70. The van der Waals surface area contributed by atoms with E-state index in [4.69, 9.17) is 0 Å². The zero-order chi connectivity index (χ0) is 21.4. The molecule has 31 heavy (non-hydrogen) atoms. The lowest BCUT2D eigenvalue weighted by Gasteiger charge is -2.11. The molecule has 0 N–H and O–H groups in total. The molecular weight excluding hydrogens is 406 g/mol. The van der Waals surface area contributed by atoms with Crippen molar-refractivity contribution in [3.05, 3.63) is 101 Å². The maximum Gasteiger partial charge on any atom is 0.293 e. The van der Waals surface area contributed by atoms with Gasteiger partial charge in [-0.3, -0.25) is 19.3 Å². The highest BCUT2D eigenvalue weighted by molar-refractivity contribution is 8.18. The number of thioether (sulfide) groups is 1. The van der Waals surface area contributed by atoms with Gasteiger partial charge in [-0.05, 0) is 51.0 Å². The van der Waals surface area contributed by atoms with Crippen molar-refractivity contribution in [3.63, 3.8) is 0 Å². The van der Waals surface area contributed by atoms with Crippen molar-refractivity contribution in [3.8, 4) is 0 Å². The molecule has 0 saturated carbocycles. The van der Waals surface area contributed by atoms with Gasteiger partial charge in [-0.15, -0.1) is 0 Å². The lowest BCUT2D eigenvalue weighted by molar-refractivity contribution is -0.122. The number of ketones is 1. The van der Waals surface area contributed by atoms with E-state index in [-0.39, 0.29) is 12.3 Å². The van der Waals surface area contributed by atoms with E-state index in [0.717, 1.165) is 43.8 Å². The SMILES string of the molecule is O=C(CN1C(=O)S/C(=C/c2c3ccccc3cc3ccccc23)C1=O)c1ccccc1. The van der Waals surface area contributed by atoms with Crippen LogP contribution in [0.1, 0.15) is 15.9 Å². The highest BCUT2D eigenvalue weighted by Crippen LogP contribution is 2.36. The van der Waals surface area contributed by atoms with Crippen molar-refractivity contribution in [2.24, 2.45) is 0 Å². The first-order chi connectivity index (χ1) is 15.1. The van der Waals surface area contributed by atoms with E-state index in [2.05, 4.69) is 6.07 Å². The van der Waals surface area contributed by atoms with Gasteiger partial charge in [0.15, 0.2) is 5.78 Å². The standard InChI is InChI=1S/C26H17NO3S/c28-23(17-8-2-1-3-9-17)16-27-25(29)24(31-26(27)30)15-22-20-12-6-4-10-18(20)14-19-11-5-7-13-21(19)22/h1-15H,16H2/b24-15+. The van der Waals surface area contributed by atoms with Gasteiger partial charge in [0.25, 0.3) is 11.1 Å². The second-order valence-electron chi connectivity index (χ2n) is 7.29. The highest BCUT2D eigenvalue weighted by atomic mass is 32.2. The average Bonchev–Trinajstić information content (AvgIpc) is 3.06. The molecule has 4 nitrogen and oxygen atoms in total. The van der Waals surface area contributed by atoms with Gasteiger partial charge in [-0.2, -0.15) is 0 Å². The summed E-state index contributed by atoms with van der Waals surface area (Å²) in [7, 11) is 0. The van der Waals surface area contributed by atoms with Crippen LogP contribution >= 0.6 is 11.8 Å². The zero-order valence-corrected chi connectivity index (χ0v) is 17.3. The van der Waals surface area contributed by atoms with Crippen molar-refractivity contribution in [2.45, 2.75) is 0 Å². The number of hydrogen-bond acceptors (Lipinski definition) is 4. The number of carbonyl (C=O) groups is 3. The fraction of sp³-hybridized carbons (Fsp3) is 0.0385. The maximum atomic E-state index is 13.0. The predicted octanol–water partition coefficient (Wildman–Crippen LogP) is 5.91. The second kappa shape index (κ2) is 7.85. The molecule has 4 aromatic carbocycles. The third kappa shape index (κ3) is 3.53. The Morgan fingerprint density at radius 3 is 2.03 bits per heavy atom. The molecule has 0 bridgehead atoms. The Morgan fingerprint density at radius 1 is 0.806 bits per heavy atom. The number of fused-ring (bicyclic) bond motifs is 2. The van der Waals surface area contributed by atoms with Crippen LogP contribution in [0, 0.1) is 0 Å². The zero-order valence-electron chi connectivity index (χ0n) is 16.4. The lowest BCUT2D eigenvalue weighted by Crippen LogP contribution is -2.33. The number of carbonyl (C=O) groups excluding carboxylic acids is 3. The predicted molar refractivity (Wildman–Crippen MR) is 125 cm³/mol. The monoisotopic (exact) mass is 423 g/mol. The molecule has 0 spiro atoms. The summed E-state index contributed by atoms with van der Waals surface area (Å²) < 4.78 is 0. The third-order valence-corrected chi connectivity index (χ3v) is 6.27. The molecular formula is C26H17NO3S. The normalized spacial score (nSPS) is 15.4. The number of nitrogens with zero attached hydrogens (tertiary/aromatic N) is 1. The van der Waals surface area contributed by atoms with E-state index in [1.54, 1.807) is 30.3 Å². The Kier molecular flexibility index (Phi) is 4.88. The van der Waals surface area contributed by atoms with Crippen LogP contribution in [0.4, 0.5) is 4.79 Å². The molecule has 5 rings (SSSR count). The van der Waals surface area contributed by atoms with Crippen molar-refractivity contribution in [1.29, 1.82) is 0 Å². The highest BCUT2D eigenvalue weighted by Gasteiger charge is 2.36. The van der Waals surface area contributed by atoms with Crippen LogP contribution < -0.4 is 0 Å². The number of benzene rings is 4.